The van der Waals surface area contributed by atoms with E-state index in [1.165, 1.54) is 18.5 Å². The summed E-state index contributed by atoms with van der Waals surface area (Å²) in [5, 5.41) is 0.784. The molecular formula is C14H19Cl2N. The predicted octanol–water partition coefficient (Wildman–Crippen LogP) is 4.70. The van der Waals surface area contributed by atoms with E-state index in [2.05, 4.69) is 24.8 Å². The average molecular weight is 272 g/mol. The van der Waals surface area contributed by atoms with Gasteiger partial charge in [-0.25, -0.2) is 0 Å². The molecule has 0 unspecified atom stereocenters. The van der Waals surface area contributed by atoms with E-state index in [0.717, 1.165) is 17.1 Å². The maximum absolute atomic E-state index is 6.22. The molecule has 1 aromatic carbocycles. The van der Waals surface area contributed by atoms with Gasteiger partial charge in [-0.1, -0.05) is 31.5 Å². The van der Waals surface area contributed by atoms with E-state index in [9.17, 15) is 0 Å². The lowest BCUT2D eigenvalue weighted by molar-refractivity contribution is 0.606. The summed E-state index contributed by atoms with van der Waals surface area (Å²) in [5.74, 6) is 1.13. The van der Waals surface area contributed by atoms with Crippen molar-refractivity contribution in [3.63, 3.8) is 0 Å². The molecular weight excluding hydrogens is 253 g/mol. The molecule has 1 nitrogen and oxygen atoms in total. The Morgan fingerprint density at radius 3 is 2.59 bits per heavy atom. The van der Waals surface area contributed by atoms with E-state index >= 15 is 0 Å². The molecule has 0 aliphatic heterocycles. The van der Waals surface area contributed by atoms with Gasteiger partial charge in [-0.3, -0.25) is 0 Å². The molecule has 0 bridgehead atoms. The van der Waals surface area contributed by atoms with Crippen LogP contribution in [0, 0.1) is 5.92 Å². The summed E-state index contributed by atoms with van der Waals surface area (Å²) in [5.41, 5.74) is 2.30. The Kier molecular flexibility index (Phi) is 4.22. The third kappa shape index (κ3) is 3.08. The summed E-state index contributed by atoms with van der Waals surface area (Å²) < 4.78 is 0. The molecule has 17 heavy (non-hydrogen) atoms. The standard InChI is InChI=1S/C14H19Cl2N/c1-10(2)9-17(11-6-7-11)14-5-3-4-13(16)12(14)8-15/h3-5,10-11H,6-9H2,1-2H3. The Balaban J connectivity index is 2.31. The van der Waals surface area contributed by atoms with Crippen LogP contribution < -0.4 is 4.90 Å². The van der Waals surface area contributed by atoms with E-state index in [-0.39, 0.29) is 0 Å². The van der Waals surface area contributed by atoms with E-state index in [0.29, 0.717) is 17.8 Å². The predicted molar refractivity (Wildman–Crippen MR) is 76.2 cm³/mol. The molecule has 0 saturated heterocycles. The Morgan fingerprint density at radius 2 is 2.06 bits per heavy atom. The van der Waals surface area contributed by atoms with Gasteiger partial charge < -0.3 is 4.90 Å². The first-order valence-corrected chi connectivity index (χ1v) is 7.14. The Hall–Kier alpha value is -0.400. The van der Waals surface area contributed by atoms with Gasteiger partial charge in [0.25, 0.3) is 0 Å². The summed E-state index contributed by atoms with van der Waals surface area (Å²) >= 11 is 12.3. The molecule has 94 valence electrons. The zero-order chi connectivity index (χ0) is 12.4. The fourth-order valence-corrected chi connectivity index (χ4v) is 2.76. The summed E-state index contributed by atoms with van der Waals surface area (Å²) in [7, 11) is 0. The third-order valence-corrected chi connectivity index (χ3v) is 3.71. The molecule has 1 saturated carbocycles. The van der Waals surface area contributed by atoms with Crippen LogP contribution >= 0.6 is 23.2 Å². The van der Waals surface area contributed by atoms with Gasteiger partial charge in [0.15, 0.2) is 0 Å². The highest BCUT2D eigenvalue weighted by Crippen LogP contribution is 2.37. The molecule has 3 heteroatoms. The van der Waals surface area contributed by atoms with E-state index in [4.69, 9.17) is 23.2 Å². The second-order valence-electron chi connectivity index (χ2n) is 5.15. The molecule has 1 aliphatic carbocycles. The first-order valence-electron chi connectivity index (χ1n) is 6.23. The van der Waals surface area contributed by atoms with Crippen molar-refractivity contribution in [3.05, 3.63) is 28.8 Å². The van der Waals surface area contributed by atoms with Crippen LogP contribution in [0.5, 0.6) is 0 Å². The Morgan fingerprint density at radius 1 is 1.35 bits per heavy atom. The second kappa shape index (κ2) is 5.49. The fourth-order valence-electron chi connectivity index (χ4n) is 2.17. The molecule has 0 N–H and O–H groups in total. The molecule has 0 atom stereocenters. The van der Waals surface area contributed by atoms with Gasteiger partial charge in [-0.05, 0) is 30.9 Å². The normalized spacial score (nSPS) is 15.4. The zero-order valence-corrected chi connectivity index (χ0v) is 11.9. The van der Waals surface area contributed by atoms with Crippen molar-refractivity contribution in [1.82, 2.24) is 0 Å². The van der Waals surface area contributed by atoms with Crippen LogP contribution in [0.1, 0.15) is 32.3 Å². The maximum Gasteiger partial charge on any atom is 0.0509 e. The largest absolute Gasteiger partial charge is 0.368 e. The second-order valence-corrected chi connectivity index (χ2v) is 5.82. The molecule has 1 aromatic rings. The highest BCUT2D eigenvalue weighted by atomic mass is 35.5. The van der Waals surface area contributed by atoms with Crippen molar-refractivity contribution in [2.24, 2.45) is 5.92 Å². The summed E-state index contributed by atoms with van der Waals surface area (Å²) in [4.78, 5) is 2.48. The van der Waals surface area contributed by atoms with Crippen LogP contribution in [0.15, 0.2) is 18.2 Å². The lowest BCUT2D eigenvalue weighted by Crippen LogP contribution is -2.30. The number of hydrogen-bond acceptors (Lipinski definition) is 1. The van der Waals surface area contributed by atoms with Gasteiger partial charge >= 0.3 is 0 Å². The molecule has 0 radical (unpaired) electrons. The summed E-state index contributed by atoms with van der Waals surface area (Å²) in [6, 6.07) is 6.77. The number of anilines is 1. The van der Waals surface area contributed by atoms with Crippen molar-refractivity contribution in [2.75, 3.05) is 11.4 Å². The van der Waals surface area contributed by atoms with Crippen LogP contribution in [0.4, 0.5) is 5.69 Å². The highest BCUT2D eigenvalue weighted by Gasteiger charge is 2.30. The molecule has 1 aliphatic rings. The summed E-state index contributed by atoms with van der Waals surface area (Å²) in [6.45, 7) is 5.58. The van der Waals surface area contributed by atoms with Gasteiger partial charge in [0.2, 0.25) is 0 Å². The minimum atomic E-state index is 0.482. The van der Waals surface area contributed by atoms with E-state index < -0.39 is 0 Å². The number of nitrogens with zero attached hydrogens (tertiary/aromatic N) is 1. The maximum atomic E-state index is 6.22. The van der Waals surface area contributed by atoms with Crippen molar-refractivity contribution in [3.8, 4) is 0 Å². The van der Waals surface area contributed by atoms with Crippen molar-refractivity contribution in [2.45, 2.75) is 38.6 Å². The highest BCUT2D eigenvalue weighted by molar-refractivity contribution is 6.32. The zero-order valence-electron chi connectivity index (χ0n) is 10.4. The van der Waals surface area contributed by atoms with Gasteiger partial charge in [0, 0.05) is 28.9 Å². The van der Waals surface area contributed by atoms with Crippen molar-refractivity contribution in [1.29, 1.82) is 0 Å². The van der Waals surface area contributed by atoms with E-state index in [1.54, 1.807) is 0 Å². The van der Waals surface area contributed by atoms with E-state index in [1.807, 2.05) is 12.1 Å². The van der Waals surface area contributed by atoms with Gasteiger partial charge in [-0.2, -0.15) is 0 Å². The lowest BCUT2D eigenvalue weighted by atomic mass is 10.1. The molecule has 2 rings (SSSR count). The molecule has 1 fully saturated rings. The average Bonchev–Trinajstić information content (AvgIpc) is 3.09. The first-order chi connectivity index (χ1) is 8.13. The molecule has 0 amide bonds. The molecule has 0 spiro atoms. The van der Waals surface area contributed by atoms with Gasteiger partial charge in [0.1, 0.15) is 0 Å². The topological polar surface area (TPSA) is 3.24 Å². The van der Waals surface area contributed by atoms with Crippen LogP contribution in [-0.4, -0.2) is 12.6 Å². The Labute approximate surface area is 114 Å². The van der Waals surface area contributed by atoms with Gasteiger partial charge in [-0.15, -0.1) is 11.6 Å². The smallest absolute Gasteiger partial charge is 0.0509 e. The number of alkyl halides is 1. The molecule has 0 heterocycles. The van der Waals surface area contributed by atoms with Crippen LogP contribution in [-0.2, 0) is 5.88 Å². The van der Waals surface area contributed by atoms with Crippen LogP contribution in [0.3, 0.4) is 0 Å². The van der Waals surface area contributed by atoms with Crippen LogP contribution in [0.2, 0.25) is 5.02 Å². The fraction of sp³-hybridized carbons (Fsp3) is 0.571. The first kappa shape index (κ1) is 13.0. The van der Waals surface area contributed by atoms with Crippen molar-refractivity contribution >= 4 is 28.9 Å². The number of halogens is 2. The minimum Gasteiger partial charge on any atom is -0.368 e. The van der Waals surface area contributed by atoms with Crippen molar-refractivity contribution < 1.29 is 0 Å². The minimum absolute atomic E-state index is 0.482. The lowest BCUT2D eigenvalue weighted by Gasteiger charge is -2.29. The summed E-state index contributed by atoms with van der Waals surface area (Å²) in [6.07, 6.45) is 2.59. The molecule has 0 aromatic heterocycles. The quantitative estimate of drug-likeness (QED) is 0.702. The number of hydrogen-bond donors (Lipinski definition) is 0. The van der Waals surface area contributed by atoms with Crippen LogP contribution in [0.25, 0.3) is 0 Å². The number of benzene rings is 1. The Bertz CT molecular complexity index is 386. The van der Waals surface area contributed by atoms with Gasteiger partial charge in [0.05, 0.1) is 5.88 Å². The third-order valence-electron chi connectivity index (χ3n) is 3.09. The number of rotatable bonds is 5. The SMILES string of the molecule is CC(C)CN(c1cccc(Cl)c1CCl)C1CC1. The monoisotopic (exact) mass is 271 g/mol.